The van der Waals surface area contributed by atoms with Crippen molar-refractivity contribution in [1.82, 2.24) is 0 Å². The number of piperazine rings is 1. The number of amides is 2. The predicted octanol–water partition coefficient (Wildman–Crippen LogP) is 2.45. The third kappa shape index (κ3) is 3.69. The summed E-state index contributed by atoms with van der Waals surface area (Å²) in [6.07, 6.45) is 0.273. The molecule has 0 bridgehead atoms. The van der Waals surface area contributed by atoms with E-state index < -0.39 is 0 Å². The maximum atomic E-state index is 13.1. The van der Waals surface area contributed by atoms with Gasteiger partial charge in [-0.05, 0) is 64.8 Å². The minimum Gasteiger partial charge on any atom is -0.360 e. The second-order valence-corrected chi connectivity index (χ2v) is 8.69. The van der Waals surface area contributed by atoms with Crippen LogP contribution in [0.3, 0.4) is 0 Å². The molecule has 2 aromatic carbocycles. The van der Waals surface area contributed by atoms with E-state index in [-0.39, 0.29) is 24.3 Å². The summed E-state index contributed by atoms with van der Waals surface area (Å²) in [4.78, 5) is 30.6. The highest BCUT2D eigenvalue weighted by Crippen LogP contribution is 2.31. The molecule has 2 aliphatic heterocycles. The van der Waals surface area contributed by atoms with Crippen LogP contribution in [-0.4, -0.2) is 44.0 Å². The molecule has 0 unspecified atom stereocenters. The Morgan fingerprint density at radius 3 is 2.39 bits per heavy atom. The summed E-state index contributed by atoms with van der Waals surface area (Å²) in [5, 5.41) is 0.727. The number of anilines is 2. The largest absolute Gasteiger partial charge is 0.360 e. The van der Waals surface area contributed by atoms with Gasteiger partial charge in [-0.25, -0.2) is 4.90 Å². The lowest BCUT2D eigenvalue weighted by molar-refractivity contribution is -0.915. The normalized spacial score (nSPS) is 20.9. The van der Waals surface area contributed by atoms with Gasteiger partial charge in [0.2, 0.25) is 5.91 Å². The first kappa shape index (κ1) is 19.4. The maximum absolute atomic E-state index is 13.1. The summed E-state index contributed by atoms with van der Waals surface area (Å²) < 4.78 is 0.775. The van der Waals surface area contributed by atoms with Gasteiger partial charge < -0.3 is 9.80 Å². The molecule has 1 N–H and O–H groups in total. The van der Waals surface area contributed by atoms with Crippen molar-refractivity contribution in [2.75, 3.05) is 36.0 Å². The van der Waals surface area contributed by atoms with Crippen LogP contribution in [-0.2, 0) is 9.59 Å². The zero-order valence-corrected chi connectivity index (χ0v) is 18.0. The van der Waals surface area contributed by atoms with Crippen LogP contribution in [0.1, 0.15) is 12.0 Å². The van der Waals surface area contributed by atoms with Crippen LogP contribution >= 0.6 is 27.5 Å². The van der Waals surface area contributed by atoms with E-state index in [4.69, 9.17) is 11.6 Å². The number of nitrogens with zero attached hydrogens (tertiary/aromatic N) is 2. The Bertz CT molecular complexity index is 910. The van der Waals surface area contributed by atoms with Gasteiger partial charge in [0.05, 0.1) is 38.3 Å². The fraction of sp³-hybridized carbons (Fsp3) is 0.333. The first-order chi connectivity index (χ1) is 13.4. The van der Waals surface area contributed by atoms with Crippen LogP contribution in [0.2, 0.25) is 5.02 Å². The molecule has 2 aromatic rings. The van der Waals surface area contributed by atoms with Gasteiger partial charge in [-0.15, -0.1) is 0 Å². The number of rotatable bonds is 3. The first-order valence-electron chi connectivity index (χ1n) is 9.42. The van der Waals surface area contributed by atoms with Crippen molar-refractivity contribution in [3.05, 3.63) is 57.5 Å². The van der Waals surface area contributed by atoms with Crippen molar-refractivity contribution in [3.63, 3.8) is 0 Å². The SMILES string of the molecule is Cc1ccc(N2C(=O)C[C@@H]([NH+]3CCN(c4ccc(Cl)cc4)CC3)C2=O)c(Br)c1. The Kier molecular flexibility index (Phi) is 5.45. The molecule has 0 radical (unpaired) electrons. The molecule has 0 saturated carbocycles. The highest BCUT2D eigenvalue weighted by atomic mass is 79.9. The monoisotopic (exact) mass is 462 g/mol. The highest BCUT2D eigenvalue weighted by molar-refractivity contribution is 9.10. The number of nitrogens with one attached hydrogen (secondary N) is 1. The Morgan fingerprint density at radius 1 is 1.07 bits per heavy atom. The second-order valence-electron chi connectivity index (χ2n) is 7.40. The molecule has 2 heterocycles. The van der Waals surface area contributed by atoms with Crippen molar-refractivity contribution in [2.24, 2.45) is 0 Å². The van der Waals surface area contributed by atoms with Gasteiger partial charge in [0.1, 0.15) is 0 Å². The molecule has 7 heteroatoms. The van der Waals surface area contributed by atoms with Crippen molar-refractivity contribution >= 4 is 50.7 Å². The minimum absolute atomic E-state index is 0.0931. The van der Waals surface area contributed by atoms with Crippen molar-refractivity contribution in [1.29, 1.82) is 0 Å². The van der Waals surface area contributed by atoms with Crippen LogP contribution < -0.4 is 14.7 Å². The predicted molar refractivity (Wildman–Crippen MR) is 114 cm³/mol. The first-order valence-corrected chi connectivity index (χ1v) is 10.6. The number of carbonyl (C=O) groups excluding carboxylic acids is 2. The van der Waals surface area contributed by atoms with Gasteiger partial charge in [0.25, 0.3) is 5.91 Å². The molecule has 2 amide bonds. The molecule has 0 spiro atoms. The Balaban J connectivity index is 1.45. The van der Waals surface area contributed by atoms with Crippen LogP contribution in [0.4, 0.5) is 11.4 Å². The third-order valence-corrected chi connectivity index (χ3v) is 6.47. The molecule has 1 atom stereocenters. The topological polar surface area (TPSA) is 45.1 Å². The van der Waals surface area contributed by atoms with Crippen molar-refractivity contribution in [2.45, 2.75) is 19.4 Å². The molecule has 28 heavy (non-hydrogen) atoms. The lowest BCUT2D eigenvalue weighted by Gasteiger charge is -2.35. The van der Waals surface area contributed by atoms with Gasteiger partial charge >= 0.3 is 0 Å². The van der Waals surface area contributed by atoms with Crippen molar-refractivity contribution < 1.29 is 14.5 Å². The standard InChI is InChI=1S/C21H21BrClN3O2/c1-14-2-7-18(17(22)12-14)26-20(27)13-19(21(26)28)25-10-8-24(9-11-25)16-5-3-15(23)4-6-16/h2-7,12,19H,8-11,13H2,1H3/p+1/t19-/m1/s1. The van der Waals surface area contributed by atoms with Crippen LogP contribution in [0.15, 0.2) is 46.9 Å². The number of benzene rings is 2. The maximum Gasteiger partial charge on any atom is 0.292 e. The lowest BCUT2D eigenvalue weighted by atomic mass is 10.1. The van der Waals surface area contributed by atoms with E-state index in [2.05, 4.69) is 20.8 Å². The van der Waals surface area contributed by atoms with Crippen LogP contribution in [0.25, 0.3) is 0 Å². The Morgan fingerprint density at radius 2 is 1.75 bits per heavy atom. The van der Waals surface area contributed by atoms with E-state index >= 15 is 0 Å². The summed E-state index contributed by atoms with van der Waals surface area (Å²) in [5.41, 5.74) is 2.86. The molecule has 146 valence electrons. The quantitative estimate of drug-likeness (QED) is 0.711. The van der Waals surface area contributed by atoms with E-state index in [0.29, 0.717) is 5.69 Å². The molecule has 2 saturated heterocycles. The van der Waals surface area contributed by atoms with E-state index in [1.807, 2.05) is 49.4 Å². The summed E-state index contributed by atoms with van der Waals surface area (Å²) in [6, 6.07) is 13.2. The molecule has 0 aliphatic carbocycles. The minimum atomic E-state index is -0.298. The molecule has 0 aromatic heterocycles. The molecule has 2 aliphatic rings. The summed E-state index contributed by atoms with van der Waals surface area (Å²) in [5.74, 6) is -0.211. The molecule has 4 rings (SSSR count). The summed E-state index contributed by atoms with van der Waals surface area (Å²) in [7, 11) is 0. The van der Waals surface area contributed by atoms with E-state index in [1.54, 1.807) is 0 Å². The summed E-state index contributed by atoms with van der Waals surface area (Å²) >= 11 is 9.47. The second kappa shape index (κ2) is 7.85. The van der Waals surface area contributed by atoms with Gasteiger partial charge in [0.15, 0.2) is 6.04 Å². The van der Waals surface area contributed by atoms with Gasteiger partial charge in [-0.1, -0.05) is 17.7 Å². The zero-order valence-electron chi connectivity index (χ0n) is 15.6. The van der Waals surface area contributed by atoms with Gasteiger partial charge in [0, 0.05) is 15.2 Å². The highest BCUT2D eigenvalue weighted by Gasteiger charge is 2.46. The molecular formula is C21H22BrClN3O2+. The summed E-state index contributed by atoms with van der Waals surface area (Å²) in [6.45, 7) is 5.34. The van der Waals surface area contributed by atoms with Crippen LogP contribution in [0, 0.1) is 6.92 Å². The molecular weight excluding hydrogens is 442 g/mol. The number of quaternary nitrogens is 1. The average Bonchev–Trinajstić information content (AvgIpc) is 2.97. The Labute approximate surface area is 178 Å². The Hall–Kier alpha value is -1.89. The van der Waals surface area contributed by atoms with Crippen LogP contribution in [0.5, 0.6) is 0 Å². The fourth-order valence-corrected chi connectivity index (χ4v) is 4.85. The number of aryl methyl sites for hydroxylation is 1. The molecule has 2 fully saturated rings. The zero-order chi connectivity index (χ0) is 19.8. The van der Waals surface area contributed by atoms with Crippen molar-refractivity contribution in [3.8, 4) is 0 Å². The number of halogens is 2. The van der Waals surface area contributed by atoms with E-state index in [1.165, 1.54) is 9.80 Å². The molecule has 5 nitrogen and oxygen atoms in total. The number of carbonyl (C=O) groups is 2. The lowest BCUT2D eigenvalue weighted by Crippen LogP contribution is -3.19. The smallest absolute Gasteiger partial charge is 0.292 e. The van der Waals surface area contributed by atoms with E-state index in [0.717, 1.165) is 46.9 Å². The average molecular weight is 464 g/mol. The van der Waals surface area contributed by atoms with Gasteiger partial charge in [-0.3, -0.25) is 9.59 Å². The fourth-order valence-electron chi connectivity index (χ4n) is 4.05. The van der Waals surface area contributed by atoms with Gasteiger partial charge in [-0.2, -0.15) is 0 Å². The third-order valence-electron chi connectivity index (χ3n) is 5.58. The number of hydrogen-bond acceptors (Lipinski definition) is 3. The van der Waals surface area contributed by atoms with E-state index in [9.17, 15) is 9.59 Å². The number of hydrogen-bond donors (Lipinski definition) is 1. The number of imide groups is 1.